The first-order valence-electron chi connectivity index (χ1n) is 6.62. The summed E-state index contributed by atoms with van der Waals surface area (Å²) in [4.78, 5) is 3.81. The molecule has 0 aliphatic rings. The summed E-state index contributed by atoms with van der Waals surface area (Å²) in [6.07, 6.45) is 3.39. The molecule has 2 rings (SSSR count). The van der Waals surface area contributed by atoms with Crippen LogP contribution in [0.5, 0.6) is 0 Å². The SMILES string of the molecule is CC.CC[C@](N)(Cn1cncn1)c1ccc(F)cc1F. The van der Waals surface area contributed by atoms with Gasteiger partial charge in [-0.2, -0.15) is 5.10 Å². The van der Waals surface area contributed by atoms with Crippen molar-refractivity contribution in [3.63, 3.8) is 0 Å². The maximum absolute atomic E-state index is 13.8. The van der Waals surface area contributed by atoms with Gasteiger partial charge in [-0.15, -0.1) is 0 Å². The lowest BCUT2D eigenvalue weighted by molar-refractivity contribution is 0.330. The molecule has 1 aromatic carbocycles. The first kappa shape index (κ1) is 16.2. The van der Waals surface area contributed by atoms with Gasteiger partial charge in [0.1, 0.15) is 24.3 Å². The lowest BCUT2D eigenvalue weighted by atomic mass is 9.88. The fourth-order valence-electron chi connectivity index (χ4n) is 1.88. The summed E-state index contributed by atoms with van der Waals surface area (Å²) in [5, 5.41) is 3.95. The molecule has 4 nitrogen and oxygen atoms in total. The molecule has 0 fully saturated rings. The molecule has 2 N–H and O–H groups in total. The Balaban J connectivity index is 0.000000956. The molecule has 1 aromatic heterocycles. The fourth-order valence-corrected chi connectivity index (χ4v) is 1.88. The van der Waals surface area contributed by atoms with Gasteiger partial charge in [0.05, 0.1) is 12.1 Å². The summed E-state index contributed by atoms with van der Waals surface area (Å²) in [5.41, 5.74) is 5.55. The van der Waals surface area contributed by atoms with E-state index in [1.165, 1.54) is 29.5 Å². The Morgan fingerprint density at radius 3 is 2.50 bits per heavy atom. The third-order valence-corrected chi connectivity index (χ3v) is 3.01. The normalized spacial score (nSPS) is 13.3. The second-order valence-corrected chi connectivity index (χ2v) is 4.23. The van der Waals surface area contributed by atoms with Crippen LogP contribution in [0.2, 0.25) is 0 Å². The third-order valence-electron chi connectivity index (χ3n) is 3.01. The van der Waals surface area contributed by atoms with Crippen molar-refractivity contribution in [2.75, 3.05) is 0 Å². The molecule has 110 valence electrons. The van der Waals surface area contributed by atoms with Gasteiger partial charge in [-0.3, -0.25) is 4.68 Å². The van der Waals surface area contributed by atoms with Gasteiger partial charge in [0, 0.05) is 11.6 Å². The van der Waals surface area contributed by atoms with Gasteiger partial charge in [0.25, 0.3) is 0 Å². The highest BCUT2D eigenvalue weighted by Crippen LogP contribution is 2.26. The highest BCUT2D eigenvalue weighted by Gasteiger charge is 2.29. The van der Waals surface area contributed by atoms with E-state index < -0.39 is 17.2 Å². The van der Waals surface area contributed by atoms with Crippen molar-refractivity contribution in [1.29, 1.82) is 0 Å². The topological polar surface area (TPSA) is 56.7 Å². The smallest absolute Gasteiger partial charge is 0.137 e. The summed E-state index contributed by atoms with van der Waals surface area (Å²) in [7, 11) is 0. The zero-order chi connectivity index (χ0) is 15.2. The minimum atomic E-state index is -0.939. The zero-order valence-corrected chi connectivity index (χ0v) is 12.0. The van der Waals surface area contributed by atoms with Crippen LogP contribution in [0.1, 0.15) is 32.8 Å². The number of nitrogens with two attached hydrogens (primary N) is 1. The summed E-state index contributed by atoms with van der Waals surface area (Å²) in [6, 6.07) is 3.43. The molecule has 20 heavy (non-hydrogen) atoms. The Morgan fingerprint density at radius 1 is 1.30 bits per heavy atom. The van der Waals surface area contributed by atoms with Gasteiger partial charge in [-0.1, -0.05) is 26.8 Å². The summed E-state index contributed by atoms with van der Waals surface area (Å²) in [6.45, 7) is 6.13. The molecule has 0 unspecified atom stereocenters. The van der Waals surface area contributed by atoms with E-state index >= 15 is 0 Å². The predicted octanol–water partition coefficient (Wildman–Crippen LogP) is 2.85. The van der Waals surface area contributed by atoms with E-state index in [-0.39, 0.29) is 12.1 Å². The second-order valence-electron chi connectivity index (χ2n) is 4.23. The van der Waals surface area contributed by atoms with Crippen molar-refractivity contribution in [3.8, 4) is 0 Å². The molecular weight excluding hydrogens is 262 g/mol. The molecule has 0 bridgehead atoms. The highest BCUT2D eigenvalue weighted by molar-refractivity contribution is 5.26. The highest BCUT2D eigenvalue weighted by atomic mass is 19.1. The Morgan fingerprint density at radius 2 is 2.00 bits per heavy atom. The van der Waals surface area contributed by atoms with Crippen molar-refractivity contribution >= 4 is 0 Å². The minimum absolute atomic E-state index is 0.280. The first-order valence-corrected chi connectivity index (χ1v) is 6.62. The van der Waals surface area contributed by atoms with Crippen LogP contribution in [0.15, 0.2) is 30.9 Å². The van der Waals surface area contributed by atoms with Gasteiger partial charge in [-0.25, -0.2) is 13.8 Å². The molecule has 1 atom stereocenters. The van der Waals surface area contributed by atoms with Crippen LogP contribution in [0.4, 0.5) is 8.78 Å². The van der Waals surface area contributed by atoms with Gasteiger partial charge in [0.2, 0.25) is 0 Å². The fraction of sp³-hybridized carbons (Fsp3) is 0.429. The van der Waals surface area contributed by atoms with E-state index in [9.17, 15) is 8.78 Å². The zero-order valence-electron chi connectivity index (χ0n) is 12.0. The second kappa shape index (κ2) is 7.09. The number of benzene rings is 1. The standard InChI is InChI=1S/C12H14F2N4.C2H6/c1-2-12(15,6-18-8-16-7-17-18)10-4-3-9(13)5-11(10)14;1-2/h3-5,7-8H,2,6,15H2,1H3;1-2H3/t12-;/m0./s1. The molecule has 0 aliphatic heterocycles. The van der Waals surface area contributed by atoms with E-state index in [1.54, 1.807) is 0 Å². The average molecular weight is 282 g/mol. The Hall–Kier alpha value is -1.82. The molecule has 0 saturated carbocycles. The predicted molar refractivity (Wildman–Crippen MR) is 73.9 cm³/mol. The molecular formula is C14H20F2N4. The number of hydrogen-bond acceptors (Lipinski definition) is 3. The molecule has 0 radical (unpaired) electrons. The van der Waals surface area contributed by atoms with Gasteiger partial charge >= 0.3 is 0 Å². The van der Waals surface area contributed by atoms with Crippen LogP contribution in [0.3, 0.4) is 0 Å². The molecule has 6 heteroatoms. The summed E-state index contributed by atoms with van der Waals surface area (Å²) in [5.74, 6) is -1.25. The monoisotopic (exact) mass is 282 g/mol. The van der Waals surface area contributed by atoms with Crippen LogP contribution < -0.4 is 5.73 Å². The van der Waals surface area contributed by atoms with Crippen LogP contribution in [0.25, 0.3) is 0 Å². The molecule has 2 aromatic rings. The van der Waals surface area contributed by atoms with Gasteiger partial charge in [0.15, 0.2) is 0 Å². The number of aromatic nitrogens is 3. The van der Waals surface area contributed by atoms with E-state index in [0.717, 1.165) is 6.07 Å². The van der Waals surface area contributed by atoms with E-state index in [2.05, 4.69) is 10.1 Å². The molecule has 0 saturated heterocycles. The van der Waals surface area contributed by atoms with Gasteiger partial charge in [-0.05, 0) is 12.5 Å². The minimum Gasteiger partial charge on any atom is -0.320 e. The van der Waals surface area contributed by atoms with Gasteiger partial charge < -0.3 is 5.73 Å². The lowest BCUT2D eigenvalue weighted by Crippen LogP contribution is -2.41. The van der Waals surface area contributed by atoms with E-state index in [1.807, 2.05) is 20.8 Å². The molecule has 0 aliphatic carbocycles. The van der Waals surface area contributed by atoms with Crippen molar-refractivity contribution in [2.24, 2.45) is 5.73 Å². The number of halogens is 2. The quantitative estimate of drug-likeness (QED) is 0.938. The Labute approximate surface area is 117 Å². The Bertz CT molecular complexity index is 528. The maximum atomic E-state index is 13.8. The number of nitrogens with zero attached hydrogens (tertiary/aromatic N) is 3. The molecule has 1 heterocycles. The van der Waals surface area contributed by atoms with Crippen LogP contribution in [-0.2, 0) is 12.1 Å². The molecule has 0 spiro atoms. The Kier molecular flexibility index (Phi) is 5.76. The average Bonchev–Trinajstić information content (AvgIpc) is 2.93. The van der Waals surface area contributed by atoms with Crippen molar-refractivity contribution < 1.29 is 8.78 Å². The summed E-state index contributed by atoms with van der Waals surface area (Å²) >= 11 is 0. The summed E-state index contributed by atoms with van der Waals surface area (Å²) < 4.78 is 28.2. The van der Waals surface area contributed by atoms with E-state index in [0.29, 0.717) is 6.42 Å². The van der Waals surface area contributed by atoms with Crippen molar-refractivity contribution in [2.45, 2.75) is 39.3 Å². The maximum Gasteiger partial charge on any atom is 0.137 e. The largest absolute Gasteiger partial charge is 0.320 e. The first-order chi connectivity index (χ1) is 9.55. The van der Waals surface area contributed by atoms with Crippen LogP contribution in [0, 0.1) is 11.6 Å². The van der Waals surface area contributed by atoms with Crippen LogP contribution in [-0.4, -0.2) is 14.8 Å². The van der Waals surface area contributed by atoms with Crippen LogP contribution >= 0.6 is 0 Å². The number of rotatable bonds is 4. The number of hydrogen-bond donors (Lipinski definition) is 1. The van der Waals surface area contributed by atoms with Crippen molar-refractivity contribution in [1.82, 2.24) is 14.8 Å². The van der Waals surface area contributed by atoms with E-state index in [4.69, 9.17) is 5.73 Å². The lowest BCUT2D eigenvalue weighted by Gasteiger charge is -2.28. The third kappa shape index (κ3) is 3.60. The molecule has 0 amide bonds. The van der Waals surface area contributed by atoms with Crippen molar-refractivity contribution in [3.05, 3.63) is 48.1 Å².